The molecule has 0 bridgehead atoms. The van der Waals surface area contributed by atoms with Crippen LogP contribution in [0.1, 0.15) is 6.92 Å². The highest BCUT2D eigenvalue weighted by Gasteiger charge is 2.22. The Balaban J connectivity index is 1.62. The molecule has 0 saturated carbocycles. The van der Waals surface area contributed by atoms with Crippen molar-refractivity contribution in [3.63, 3.8) is 0 Å². The molecule has 4 aromatic rings. The summed E-state index contributed by atoms with van der Waals surface area (Å²) in [5.74, 6) is 0.465. The molecule has 0 radical (unpaired) electrons. The lowest BCUT2D eigenvalue weighted by atomic mass is 10.2. The third-order valence-electron chi connectivity index (χ3n) is 4.43. The van der Waals surface area contributed by atoms with Gasteiger partial charge in [0, 0.05) is 28.7 Å². The van der Waals surface area contributed by atoms with Gasteiger partial charge in [0.05, 0.1) is 16.0 Å². The third-order valence-corrected chi connectivity index (χ3v) is 6.02. The number of nitrogens with one attached hydrogen (secondary N) is 1. The minimum atomic E-state index is -0.455. The molecule has 156 valence electrons. The number of benzene rings is 2. The minimum absolute atomic E-state index is 0.206. The average molecular weight is 470 g/mol. The maximum Gasteiger partial charge on any atom is 0.237 e. The van der Waals surface area contributed by atoms with Gasteiger partial charge in [0.25, 0.3) is 0 Å². The zero-order valence-corrected chi connectivity index (χ0v) is 18.7. The van der Waals surface area contributed by atoms with E-state index in [-0.39, 0.29) is 5.91 Å². The molecule has 0 aliphatic rings. The highest BCUT2D eigenvalue weighted by Crippen LogP contribution is 2.31. The Labute approximate surface area is 193 Å². The molecule has 1 amide bonds. The smallest absolute Gasteiger partial charge is 0.237 e. The zero-order chi connectivity index (χ0) is 21.8. The molecular formula is C22H17Cl2N5OS. The van der Waals surface area contributed by atoms with Gasteiger partial charge in [0.15, 0.2) is 11.0 Å². The van der Waals surface area contributed by atoms with Gasteiger partial charge in [0.2, 0.25) is 5.91 Å². The van der Waals surface area contributed by atoms with Crippen LogP contribution in [0.15, 0.2) is 78.2 Å². The molecule has 1 N–H and O–H groups in total. The lowest BCUT2D eigenvalue weighted by Crippen LogP contribution is -2.23. The van der Waals surface area contributed by atoms with E-state index in [9.17, 15) is 4.79 Å². The molecule has 6 nitrogen and oxygen atoms in total. The van der Waals surface area contributed by atoms with Gasteiger partial charge >= 0.3 is 0 Å². The Morgan fingerprint density at radius 2 is 1.77 bits per heavy atom. The molecule has 4 rings (SSSR count). The van der Waals surface area contributed by atoms with Crippen LogP contribution in [0.2, 0.25) is 10.0 Å². The summed E-state index contributed by atoms with van der Waals surface area (Å²) in [5.41, 5.74) is 2.28. The summed E-state index contributed by atoms with van der Waals surface area (Å²) < 4.78 is 1.93. The molecule has 2 aromatic heterocycles. The number of halogens is 2. The monoisotopic (exact) mass is 469 g/mol. The lowest BCUT2D eigenvalue weighted by Gasteiger charge is -2.14. The molecular weight excluding hydrogens is 453 g/mol. The first-order chi connectivity index (χ1) is 15.0. The zero-order valence-electron chi connectivity index (χ0n) is 16.4. The summed E-state index contributed by atoms with van der Waals surface area (Å²) in [6.07, 6.45) is 3.41. The van der Waals surface area contributed by atoms with Gasteiger partial charge in [-0.3, -0.25) is 14.3 Å². The number of thioether (sulfide) groups is 1. The minimum Gasteiger partial charge on any atom is -0.324 e. The fourth-order valence-electron chi connectivity index (χ4n) is 2.88. The van der Waals surface area contributed by atoms with Gasteiger partial charge in [-0.05, 0) is 49.4 Å². The highest BCUT2D eigenvalue weighted by molar-refractivity contribution is 8.00. The SMILES string of the molecule is CC(Sc1nnc(-c2ccncc2)n1-c1ccccc1)C(=O)Nc1ccc(Cl)cc1Cl. The molecule has 0 aliphatic heterocycles. The number of nitrogens with zero attached hydrogens (tertiary/aromatic N) is 4. The van der Waals surface area contributed by atoms with Crippen molar-refractivity contribution in [3.05, 3.63) is 83.1 Å². The number of para-hydroxylation sites is 1. The van der Waals surface area contributed by atoms with Crippen LogP contribution in [-0.2, 0) is 4.79 Å². The van der Waals surface area contributed by atoms with E-state index in [1.165, 1.54) is 11.8 Å². The van der Waals surface area contributed by atoms with Gasteiger partial charge < -0.3 is 5.32 Å². The molecule has 9 heteroatoms. The molecule has 2 heterocycles. The van der Waals surface area contributed by atoms with Crippen LogP contribution < -0.4 is 5.32 Å². The van der Waals surface area contributed by atoms with Crippen molar-refractivity contribution < 1.29 is 4.79 Å². The Morgan fingerprint density at radius 1 is 1.03 bits per heavy atom. The van der Waals surface area contributed by atoms with Gasteiger partial charge in [0.1, 0.15) is 0 Å². The predicted octanol–water partition coefficient (Wildman–Crippen LogP) is 5.76. The van der Waals surface area contributed by atoms with Crippen molar-refractivity contribution >= 4 is 46.6 Å². The summed E-state index contributed by atoms with van der Waals surface area (Å²) in [6, 6.07) is 18.4. The number of rotatable bonds is 6. The van der Waals surface area contributed by atoms with E-state index < -0.39 is 5.25 Å². The number of carbonyl (C=O) groups is 1. The van der Waals surface area contributed by atoms with Crippen LogP contribution in [-0.4, -0.2) is 30.9 Å². The quantitative estimate of drug-likeness (QED) is 0.363. The van der Waals surface area contributed by atoms with Crippen molar-refractivity contribution in [3.8, 4) is 17.1 Å². The van der Waals surface area contributed by atoms with E-state index >= 15 is 0 Å². The Kier molecular flexibility index (Phi) is 6.56. The van der Waals surface area contributed by atoms with Crippen LogP contribution >= 0.6 is 35.0 Å². The van der Waals surface area contributed by atoms with E-state index in [1.807, 2.05) is 47.0 Å². The average Bonchev–Trinajstić information content (AvgIpc) is 3.20. The fraction of sp³-hybridized carbons (Fsp3) is 0.0909. The first-order valence-corrected chi connectivity index (χ1v) is 11.0. The first kappa shape index (κ1) is 21.4. The maximum absolute atomic E-state index is 12.8. The van der Waals surface area contributed by atoms with Crippen molar-refractivity contribution in [1.82, 2.24) is 19.7 Å². The second-order valence-corrected chi connectivity index (χ2v) is 8.74. The molecule has 0 fully saturated rings. The van der Waals surface area contributed by atoms with Crippen molar-refractivity contribution in [1.29, 1.82) is 0 Å². The number of hydrogen-bond donors (Lipinski definition) is 1. The summed E-state index contributed by atoms with van der Waals surface area (Å²) in [4.78, 5) is 16.9. The van der Waals surface area contributed by atoms with Crippen molar-refractivity contribution in [2.45, 2.75) is 17.3 Å². The van der Waals surface area contributed by atoms with Gasteiger partial charge in [-0.1, -0.05) is 53.2 Å². The molecule has 31 heavy (non-hydrogen) atoms. The van der Waals surface area contributed by atoms with Crippen molar-refractivity contribution in [2.24, 2.45) is 0 Å². The molecule has 0 saturated heterocycles. The second-order valence-electron chi connectivity index (χ2n) is 6.59. The van der Waals surface area contributed by atoms with Gasteiger partial charge in [-0.2, -0.15) is 0 Å². The summed E-state index contributed by atoms with van der Waals surface area (Å²) in [7, 11) is 0. The lowest BCUT2D eigenvalue weighted by molar-refractivity contribution is -0.115. The summed E-state index contributed by atoms with van der Waals surface area (Å²) in [6.45, 7) is 1.81. The molecule has 1 atom stereocenters. The Bertz CT molecular complexity index is 1200. The number of carbonyl (C=O) groups excluding carboxylic acids is 1. The Hall–Kier alpha value is -2.87. The van der Waals surface area contributed by atoms with E-state index in [0.717, 1.165) is 11.3 Å². The maximum atomic E-state index is 12.8. The largest absolute Gasteiger partial charge is 0.324 e. The van der Waals surface area contributed by atoms with Crippen LogP contribution in [0.5, 0.6) is 0 Å². The number of anilines is 1. The standard InChI is InChI=1S/C22H17Cl2N5OS/c1-14(21(30)26-19-8-7-16(23)13-18(19)24)31-22-28-27-20(15-9-11-25-12-10-15)29(22)17-5-3-2-4-6-17/h2-14H,1H3,(H,26,30). The van der Waals surface area contributed by atoms with Crippen molar-refractivity contribution in [2.75, 3.05) is 5.32 Å². The molecule has 0 aliphatic carbocycles. The first-order valence-electron chi connectivity index (χ1n) is 9.37. The van der Waals surface area contributed by atoms with Gasteiger partial charge in [-0.15, -0.1) is 10.2 Å². The van der Waals surface area contributed by atoms with E-state index in [0.29, 0.717) is 26.7 Å². The fourth-order valence-corrected chi connectivity index (χ4v) is 4.20. The summed E-state index contributed by atoms with van der Waals surface area (Å²) in [5, 5.41) is 12.6. The Morgan fingerprint density at radius 3 is 2.48 bits per heavy atom. The van der Waals surface area contributed by atoms with Gasteiger partial charge in [-0.25, -0.2) is 0 Å². The second kappa shape index (κ2) is 9.51. The van der Waals surface area contributed by atoms with Crippen LogP contribution in [0.25, 0.3) is 17.1 Å². The molecule has 1 unspecified atom stereocenters. The predicted molar refractivity (Wildman–Crippen MR) is 125 cm³/mol. The number of amides is 1. The van der Waals surface area contributed by atoms with Crippen LogP contribution in [0.4, 0.5) is 5.69 Å². The summed E-state index contributed by atoms with van der Waals surface area (Å²) >= 11 is 13.4. The topological polar surface area (TPSA) is 72.7 Å². The van der Waals surface area contributed by atoms with E-state index in [4.69, 9.17) is 23.2 Å². The van der Waals surface area contributed by atoms with Crippen LogP contribution in [0, 0.1) is 0 Å². The normalized spacial score (nSPS) is 11.8. The third kappa shape index (κ3) is 4.90. The van der Waals surface area contributed by atoms with E-state index in [2.05, 4.69) is 20.5 Å². The molecule has 2 aromatic carbocycles. The highest BCUT2D eigenvalue weighted by atomic mass is 35.5. The number of hydrogen-bond acceptors (Lipinski definition) is 5. The molecule has 0 spiro atoms. The van der Waals surface area contributed by atoms with E-state index in [1.54, 1.807) is 37.5 Å². The number of pyridine rings is 1. The van der Waals surface area contributed by atoms with Crippen LogP contribution in [0.3, 0.4) is 0 Å². The number of aromatic nitrogens is 4.